The lowest BCUT2D eigenvalue weighted by Crippen LogP contribution is -2.39. The zero-order valence-electron chi connectivity index (χ0n) is 14.1. The Hall–Kier alpha value is -1.21. The molecule has 1 amide bonds. The minimum Gasteiger partial charge on any atom is -0.271 e. The van der Waals surface area contributed by atoms with Gasteiger partial charge >= 0.3 is 0 Å². The molecule has 1 N–H and O–H groups in total. The van der Waals surface area contributed by atoms with Crippen LogP contribution in [0.15, 0.2) is 53.6 Å². The molecular formula is C17H17I2N3O3S. The summed E-state index contributed by atoms with van der Waals surface area (Å²) in [6.45, 7) is 1.43. The zero-order valence-corrected chi connectivity index (χ0v) is 19.2. The van der Waals surface area contributed by atoms with E-state index in [9.17, 15) is 13.2 Å². The maximum Gasteiger partial charge on any atom is 0.260 e. The maximum absolute atomic E-state index is 12.2. The third-order valence-corrected chi connectivity index (χ3v) is 5.99. The van der Waals surface area contributed by atoms with Gasteiger partial charge in [0.2, 0.25) is 10.0 Å². The van der Waals surface area contributed by atoms with E-state index in [0.717, 1.165) is 23.3 Å². The van der Waals surface area contributed by atoms with Crippen LogP contribution in [0.3, 0.4) is 0 Å². The first-order chi connectivity index (χ1) is 12.2. The van der Waals surface area contributed by atoms with Crippen molar-refractivity contribution in [1.82, 2.24) is 5.43 Å². The fourth-order valence-electron chi connectivity index (χ4n) is 2.08. The van der Waals surface area contributed by atoms with Crippen LogP contribution in [0, 0.1) is 7.14 Å². The fourth-order valence-corrected chi connectivity index (χ4v) is 3.65. The molecule has 0 aromatic heterocycles. The highest BCUT2D eigenvalue weighted by Gasteiger charge is 2.20. The lowest BCUT2D eigenvalue weighted by Gasteiger charge is -2.21. The second-order valence-electron chi connectivity index (χ2n) is 5.49. The molecule has 0 atom stereocenters. The highest BCUT2D eigenvalue weighted by Crippen LogP contribution is 2.18. The highest BCUT2D eigenvalue weighted by molar-refractivity contribution is 14.1. The number of amides is 1. The van der Waals surface area contributed by atoms with Crippen molar-refractivity contribution in [2.45, 2.75) is 6.92 Å². The Labute approximate surface area is 180 Å². The van der Waals surface area contributed by atoms with Crippen LogP contribution in [0.25, 0.3) is 0 Å². The average Bonchev–Trinajstić information content (AvgIpc) is 2.58. The van der Waals surface area contributed by atoms with Crippen molar-refractivity contribution in [3.05, 3.63) is 61.2 Å². The predicted molar refractivity (Wildman–Crippen MR) is 121 cm³/mol. The molecule has 0 saturated carbocycles. The number of sulfonamides is 1. The Morgan fingerprint density at radius 3 is 2.04 bits per heavy atom. The van der Waals surface area contributed by atoms with Gasteiger partial charge in [0.15, 0.2) is 0 Å². The Morgan fingerprint density at radius 2 is 1.54 bits per heavy atom. The van der Waals surface area contributed by atoms with E-state index in [1.54, 1.807) is 31.2 Å². The number of benzene rings is 2. The molecule has 138 valence electrons. The Morgan fingerprint density at radius 1 is 1.04 bits per heavy atom. The van der Waals surface area contributed by atoms with Gasteiger partial charge in [-0.1, -0.05) is 12.1 Å². The van der Waals surface area contributed by atoms with Crippen molar-refractivity contribution >= 4 is 72.5 Å². The number of hydrogen-bond donors (Lipinski definition) is 1. The monoisotopic (exact) mass is 597 g/mol. The number of carbonyl (C=O) groups excluding carboxylic acids is 1. The Bertz CT molecular complexity index is 911. The quantitative estimate of drug-likeness (QED) is 0.316. The standard InChI is InChI=1S/C17H17I2N3O3S/c1-12(13-3-5-14(18)6-4-13)20-21-17(23)11-22(26(2,24)25)16-9-7-15(19)8-10-16/h3-10H,11H2,1-2H3,(H,21,23)/b20-12-. The van der Waals surface area contributed by atoms with Crippen molar-refractivity contribution in [2.24, 2.45) is 5.10 Å². The molecule has 26 heavy (non-hydrogen) atoms. The van der Waals surface area contributed by atoms with E-state index in [0.29, 0.717) is 11.4 Å². The molecule has 0 aliphatic carbocycles. The molecule has 0 unspecified atom stereocenters. The molecule has 2 rings (SSSR count). The van der Waals surface area contributed by atoms with E-state index in [-0.39, 0.29) is 6.54 Å². The van der Waals surface area contributed by atoms with Crippen LogP contribution in [0.2, 0.25) is 0 Å². The van der Waals surface area contributed by atoms with Gasteiger partial charge in [-0.2, -0.15) is 5.10 Å². The minimum atomic E-state index is -3.60. The summed E-state index contributed by atoms with van der Waals surface area (Å²) in [5, 5.41) is 4.06. The molecular weight excluding hydrogens is 580 g/mol. The largest absolute Gasteiger partial charge is 0.271 e. The molecule has 2 aromatic rings. The fraction of sp³-hybridized carbons (Fsp3) is 0.176. The summed E-state index contributed by atoms with van der Waals surface area (Å²) in [5.41, 5.74) is 4.36. The normalized spacial score (nSPS) is 11.9. The lowest BCUT2D eigenvalue weighted by molar-refractivity contribution is -0.119. The Kier molecular flexibility index (Phi) is 7.41. The molecule has 0 saturated heterocycles. The molecule has 0 heterocycles. The third kappa shape index (κ3) is 6.20. The number of rotatable bonds is 6. The van der Waals surface area contributed by atoms with Crippen LogP contribution in [0.1, 0.15) is 12.5 Å². The summed E-state index contributed by atoms with van der Waals surface area (Å²) >= 11 is 4.34. The number of hydrogen-bond acceptors (Lipinski definition) is 4. The number of nitrogens with one attached hydrogen (secondary N) is 1. The summed E-state index contributed by atoms with van der Waals surface area (Å²) in [4.78, 5) is 12.2. The van der Waals surface area contributed by atoms with E-state index in [1.165, 1.54) is 0 Å². The summed E-state index contributed by atoms with van der Waals surface area (Å²) in [6.07, 6.45) is 1.07. The first kappa shape index (κ1) is 21.1. The molecule has 0 aliphatic rings. The van der Waals surface area contributed by atoms with E-state index in [1.807, 2.05) is 24.3 Å². The van der Waals surface area contributed by atoms with Gasteiger partial charge in [-0.15, -0.1) is 0 Å². The second-order valence-corrected chi connectivity index (χ2v) is 9.88. The van der Waals surface area contributed by atoms with Gasteiger partial charge in [-0.05, 0) is 94.1 Å². The molecule has 0 aliphatic heterocycles. The second kappa shape index (κ2) is 9.13. The zero-order chi connectivity index (χ0) is 19.3. The van der Waals surface area contributed by atoms with Gasteiger partial charge in [-0.3, -0.25) is 9.10 Å². The Balaban J connectivity index is 2.11. The van der Waals surface area contributed by atoms with Gasteiger partial charge in [-0.25, -0.2) is 13.8 Å². The van der Waals surface area contributed by atoms with Crippen molar-refractivity contribution in [3.8, 4) is 0 Å². The van der Waals surface area contributed by atoms with Gasteiger partial charge < -0.3 is 0 Å². The van der Waals surface area contributed by atoms with Crippen molar-refractivity contribution in [2.75, 3.05) is 17.1 Å². The minimum absolute atomic E-state index is 0.344. The van der Waals surface area contributed by atoms with Crippen LogP contribution >= 0.6 is 45.2 Å². The first-order valence-electron chi connectivity index (χ1n) is 7.49. The van der Waals surface area contributed by atoms with Gasteiger partial charge in [0, 0.05) is 7.14 Å². The number of hydrazone groups is 1. The summed E-state index contributed by atoms with van der Waals surface area (Å²) in [7, 11) is -3.60. The maximum atomic E-state index is 12.2. The molecule has 0 radical (unpaired) electrons. The van der Waals surface area contributed by atoms with Crippen LogP contribution in [0.5, 0.6) is 0 Å². The van der Waals surface area contributed by atoms with Gasteiger partial charge in [0.1, 0.15) is 6.54 Å². The van der Waals surface area contributed by atoms with Gasteiger partial charge in [0.25, 0.3) is 5.91 Å². The molecule has 0 spiro atoms. The van der Waals surface area contributed by atoms with Crippen LogP contribution < -0.4 is 9.73 Å². The lowest BCUT2D eigenvalue weighted by atomic mass is 10.1. The van der Waals surface area contributed by atoms with E-state index in [4.69, 9.17) is 0 Å². The van der Waals surface area contributed by atoms with Crippen molar-refractivity contribution in [3.63, 3.8) is 0 Å². The third-order valence-electron chi connectivity index (χ3n) is 3.41. The molecule has 0 bridgehead atoms. The molecule has 0 fully saturated rings. The SMILES string of the molecule is C/C(=N/NC(=O)CN(c1ccc(I)cc1)S(C)(=O)=O)c1ccc(I)cc1. The van der Waals surface area contributed by atoms with Gasteiger partial charge in [0.05, 0.1) is 17.7 Å². The predicted octanol–water partition coefficient (Wildman–Crippen LogP) is 3.20. The molecule has 6 nitrogen and oxygen atoms in total. The summed E-state index contributed by atoms with van der Waals surface area (Å²) < 4.78 is 27.2. The summed E-state index contributed by atoms with van der Waals surface area (Å²) in [6, 6.07) is 14.6. The van der Waals surface area contributed by atoms with Crippen molar-refractivity contribution in [1.29, 1.82) is 0 Å². The first-order valence-corrected chi connectivity index (χ1v) is 11.5. The van der Waals surface area contributed by atoms with Crippen LogP contribution in [0.4, 0.5) is 5.69 Å². The highest BCUT2D eigenvalue weighted by atomic mass is 127. The average molecular weight is 597 g/mol. The number of nitrogens with zero attached hydrogens (tertiary/aromatic N) is 2. The van der Waals surface area contributed by atoms with Crippen LogP contribution in [-0.4, -0.2) is 32.8 Å². The smallest absolute Gasteiger partial charge is 0.260 e. The topological polar surface area (TPSA) is 78.8 Å². The molecule has 2 aromatic carbocycles. The molecule has 9 heteroatoms. The number of halogens is 2. The van der Waals surface area contributed by atoms with E-state index in [2.05, 4.69) is 55.7 Å². The number of carbonyl (C=O) groups is 1. The van der Waals surface area contributed by atoms with Crippen molar-refractivity contribution < 1.29 is 13.2 Å². The van der Waals surface area contributed by atoms with E-state index >= 15 is 0 Å². The number of anilines is 1. The van der Waals surface area contributed by atoms with Crippen LogP contribution in [-0.2, 0) is 14.8 Å². The summed E-state index contributed by atoms with van der Waals surface area (Å²) in [5.74, 6) is -0.515. The van der Waals surface area contributed by atoms with E-state index < -0.39 is 15.9 Å².